The highest BCUT2D eigenvalue weighted by molar-refractivity contribution is 8.05. The molecule has 0 aromatic heterocycles. The van der Waals surface area contributed by atoms with Gasteiger partial charge in [0.05, 0.1) is 0 Å². The summed E-state index contributed by atoms with van der Waals surface area (Å²) in [6.07, 6.45) is 0.607. The van der Waals surface area contributed by atoms with E-state index >= 15 is 0 Å². The molecular weight excluding hydrogens is 277 g/mol. The van der Waals surface area contributed by atoms with Crippen molar-refractivity contribution in [3.63, 3.8) is 0 Å². The largest absolute Gasteiger partial charge is 0.367 e. The van der Waals surface area contributed by atoms with Crippen molar-refractivity contribution in [1.82, 2.24) is 0 Å². The van der Waals surface area contributed by atoms with Gasteiger partial charge in [-0.25, -0.2) is 0 Å². The molecule has 0 fully saturated rings. The fourth-order valence-electron chi connectivity index (χ4n) is 1.79. The first-order chi connectivity index (χ1) is 8.04. The van der Waals surface area contributed by atoms with E-state index in [4.69, 9.17) is 28.9 Å². The van der Waals surface area contributed by atoms with Crippen molar-refractivity contribution in [2.45, 2.75) is 10.6 Å². The lowest BCUT2D eigenvalue weighted by atomic mass is 9.95. The third-order valence-corrected chi connectivity index (χ3v) is 5.16. The minimum absolute atomic E-state index is 0.268. The van der Waals surface area contributed by atoms with Gasteiger partial charge in [-0.2, -0.15) is 0 Å². The first kappa shape index (κ1) is 12.8. The third-order valence-electron chi connectivity index (χ3n) is 2.74. The van der Waals surface area contributed by atoms with Crippen LogP contribution in [0, 0.1) is 5.92 Å². The molecule has 0 bridgehead atoms. The quantitative estimate of drug-likeness (QED) is 0.868. The lowest BCUT2D eigenvalue weighted by Gasteiger charge is -2.25. The van der Waals surface area contributed by atoms with Crippen LogP contribution in [0.5, 0.6) is 0 Å². The number of primary amides is 1. The number of nitrogens with two attached hydrogens (primary N) is 1. The molecule has 1 aromatic rings. The molecule has 0 saturated heterocycles. The molecule has 17 heavy (non-hydrogen) atoms. The predicted octanol–water partition coefficient (Wildman–Crippen LogP) is 3.09. The van der Waals surface area contributed by atoms with Crippen LogP contribution in [-0.4, -0.2) is 10.1 Å². The number of halogens is 2. The van der Waals surface area contributed by atoms with Crippen molar-refractivity contribution in [2.24, 2.45) is 11.7 Å². The van der Waals surface area contributed by atoms with Gasteiger partial charge in [0.25, 0.3) is 0 Å². The van der Waals surface area contributed by atoms with E-state index in [1.165, 1.54) is 11.8 Å². The summed E-state index contributed by atoms with van der Waals surface area (Å²) in [6.45, 7) is 0. The van der Waals surface area contributed by atoms with E-state index in [1.807, 2.05) is 30.3 Å². The molecule has 2 N–H and O–H groups in total. The van der Waals surface area contributed by atoms with E-state index in [0.29, 0.717) is 11.5 Å². The Labute approximate surface area is 114 Å². The number of hydrogen-bond donors (Lipinski definition) is 1. The molecule has 2 unspecified atom stereocenters. The summed E-state index contributed by atoms with van der Waals surface area (Å²) >= 11 is 13.6. The second-order valence-corrected chi connectivity index (χ2v) is 6.24. The summed E-state index contributed by atoms with van der Waals surface area (Å²) in [5.74, 6) is -0.812. The molecule has 5 heteroatoms. The number of rotatable bonds is 3. The molecule has 1 aromatic carbocycles. The molecule has 1 aliphatic heterocycles. The number of carbonyl (C=O) groups is 1. The molecule has 1 heterocycles. The Morgan fingerprint density at radius 3 is 2.65 bits per heavy atom. The minimum atomic E-state index is -1.16. The van der Waals surface area contributed by atoms with E-state index < -0.39 is 10.1 Å². The third kappa shape index (κ3) is 2.46. The van der Waals surface area contributed by atoms with E-state index in [0.717, 1.165) is 5.56 Å². The molecule has 1 aliphatic rings. The second-order valence-electron chi connectivity index (χ2n) is 3.87. The van der Waals surface area contributed by atoms with Crippen molar-refractivity contribution in [1.29, 1.82) is 0 Å². The van der Waals surface area contributed by atoms with Gasteiger partial charge in [0, 0.05) is 11.0 Å². The Balaban J connectivity index is 2.24. The number of hydrogen-bond acceptors (Lipinski definition) is 2. The van der Waals surface area contributed by atoms with Crippen LogP contribution in [0.3, 0.4) is 0 Å². The summed E-state index contributed by atoms with van der Waals surface area (Å²) < 4.78 is -1.16. The average molecular weight is 288 g/mol. The van der Waals surface area contributed by atoms with Gasteiger partial charge in [0.2, 0.25) is 5.91 Å². The van der Waals surface area contributed by atoms with Crippen LogP contribution in [0.1, 0.15) is 5.56 Å². The summed E-state index contributed by atoms with van der Waals surface area (Å²) in [5.41, 5.74) is 6.44. The average Bonchev–Trinajstić information content (AvgIpc) is 2.60. The molecular formula is C12H11Cl2NOS. The Morgan fingerprint density at radius 2 is 2.06 bits per heavy atom. The van der Waals surface area contributed by atoms with Crippen LogP contribution in [0.15, 0.2) is 40.8 Å². The van der Waals surface area contributed by atoms with E-state index in [1.54, 1.807) is 5.41 Å². The normalized spacial score (nSPS) is 27.9. The fourth-order valence-corrected chi connectivity index (χ4v) is 3.55. The number of thioether (sulfide) groups is 1. The summed E-state index contributed by atoms with van der Waals surface area (Å²) in [7, 11) is 0. The maximum Gasteiger partial charge on any atom is 0.249 e. The van der Waals surface area contributed by atoms with Crippen LogP contribution >= 0.6 is 35.0 Å². The van der Waals surface area contributed by atoms with Gasteiger partial charge in [-0.3, -0.25) is 4.79 Å². The zero-order chi connectivity index (χ0) is 12.5. The van der Waals surface area contributed by atoms with Crippen LogP contribution in [-0.2, 0) is 11.2 Å². The molecule has 0 saturated carbocycles. The number of allylic oxidation sites excluding steroid dienone is 1. The molecule has 1 amide bonds. The van der Waals surface area contributed by atoms with Gasteiger partial charge in [-0.1, -0.05) is 65.3 Å². The van der Waals surface area contributed by atoms with Gasteiger partial charge in [-0.15, -0.1) is 0 Å². The number of alkyl halides is 1. The summed E-state index contributed by atoms with van der Waals surface area (Å²) in [5, 5.41) is 2.29. The second kappa shape index (κ2) is 4.92. The maximum atomic E-state index is 11.4. The zero-order valence-corrected chi connectivity index (χ0v) is 11.2. The SMILES string of the molecule is NC(=O)C1(Cl)SC=C(Cl)C1Cc1ccccc1. The fraction of sp³-hybridized carbons (Fsp3) is 0.250. The smallest absolute Gasteiger partial charge is 0.249 e. The predicted molar refractivity (Wildman–Crippen MR) is 72.9 cm³/mol. The van der Waals surface area contributed by atoms with E-state index in [9.17, 15) is 4.79 Å². The highest BCUT2D eigenvalue weighted by atomic mass is 35.5. The summed E-state index contributed by atoms with van der Waals surface area (Å²) in [4.78, 5) is 11.4. The topological polar surface area (TPSA) is 43.1 Å². The Kier molecular flexibility index (Phi) is 3.71. The van der Waals surface area contributed by atoms with Crippen LogP contribution in [0.4, 0.5) is 0 Å². The van der Waals surface area contributed by atoms with Gasteiger partial charge in [0.1, 0.15) is 0 Å². The zero-order valence-electron chi connectivity index (χ0n) is 8.90. The standard InChI is InChI=1S/C12H11Cl2NOS/c13-10-7-17-12(14,11(15)16)9(10)6-8-4-2-1-3-5-8/h1-5,7,9H,6H2,(H2,15,16). The maximum absolute atomic E-state index is 11.4. The van der Waals surface area contributed by atoms with E-state index in [2.05, 4.69) is 0 Å². The molecule has 2 nitrogen and oxygen atoms in total. The van der Waals surface area contributed by atoms with Crippen molar-refractivity contribution >= 4 is 40.9 Å². The molecule has 0 spiro atoms. The molecule has 2 atom stereocenters. The molecule has 0 radical (unpaired) electrons. The lowest BCUT2D eigenvalue weighted by Crippen LogP contribution is -2.41. The van der Waals surface area contributed by atoms with E-state index in [-0.39, 0.29) is 5.92 Å². The Hall–Kier alpha value is -0.640. The highest BCUT2D eigenvalue weighted by Crippen LogP contribution is 2.50. The first-order valence-corrected chi connectivity index (χ1v) is 6.73. The monoisotopic (exact) mass is 287 g/mol. The molecule has 2 rings (SSSR count). The van der Waals surface area contributed by atoms with Gasteiger partial charge >= 0.3 is 0 Å². The van der Waals surface area contributed by atoms with Crippen molar-refractivity contribution in [3.8, 4) is 0 Å². The number of carbonyl (C=O) groups excluding carboxylic acids is 1. The van der Waals surface area contributed by atoms with Crippen LogP contribution in [0.25, 0.3) is 0 Å². The molecule has 90 valence electrons. The van der Waals surface area contributed by atoms with Crippen molar-refractivity contribution in [3.05, 3.63) is 46.3 Å². The Bertz CT molecular complexity index is 463. The number of amides is 1. The van der Waals surface area contributed by atoms with Crippen molar-refractivity contribution < 1.29 is 4.79 Å². The van der Waals surface area contributed by atoms with Gasteiger partial charge in [-0.05, 0) is 17.4 Å². The lowest BCUT2D eigenvalue weighted by molar-refractivity contribution is -0.119. The van der Waals surface area contributed by atoms with Crippen LogP contribution < -0.4 is 5.73 Å². The molecule has 0 aliphatic carbocycles. The number of benzene rings is 1. The van der Waals surface area contributed by atoms with Gasteiger partial charge < -0.3 is 5.73 Å². The van der Waals surface area contributed by atoms with Crippen LogP contribution in [0.2, 0.25) is 0 Å². The summed E-state index contributed by atoms with van der Waals surface area (Å²) in [6, 6.07) is 9.77. The first-order valence-electron chi connectivity index (χ1n) is 5.10. The minimum Gasteiger partial charge on any atom is -0.367 e. The van der Waals surface area contributed by atoms with Crippen molar-refractivity contribution in [2.75, 3.05) is 0 Å². The van der Waals surface area contributed by atoms with Gasteiger partial charge in [0.15, 0.2) is 4.21 Å². The highest BCUT2D eigenvalue weighted by Gasteiger charge is 2.48. The Morgan fingerprint density at radius 1 is 1.41 bits per heavy atom.